The van der Waals surface area contributed by atoms with Crippen LogP contribution in [0.5, 0.6) is 28.7 Å². The van der Waals surface area contributed by atoms with E-state index in [9.17, 15) is 35.4 Å². The summed E-state index contributed by atoms with van der Waals surface area (Å²) >= 11 is 0. The number of phenolic OH excluding ortho intramolecular Hbond substituents is 2. The van der Waals surface area contributed by atoms with Crippen molar-refractivity contribution in [2.45, 2.75) is 30.7 Å². The van der Waals surface area contributed by atoms with Gasteiger partial charge < -0.3 is 54.0 Å². The molecule has 2 aromatic carbocycles. The molecule has 5 atom stereocenters. The zero-order chi connectivity index (χ0) is 25.4. The zero-order valence-corrected chi connectivity index (χ0v) is 18.6. The average Bonchev–Trinajstić information content (AvgIpc) is 2.85. The number of aromatic hydroxyl groups is 2. The summed E-state index contributed by atoms with van der Waals surface area (Å²) in [4.78, 5) is 13.6. The summed E-state index contributed by atoms with van der Waals surface area (Å²) in [5.41, 5.74) is -0.627. The van der Waals surface area contributed by atoms with E-state index in [1.165, 1.54) is 44.6 Å². The summed E-state index contributed by atoms with van der Waals surface area (Å²) in [6.45, 7) is -0.702. The molecule has 0 saturated carbocycles. The van der Waals surface area contributed by atoms with Crippen LogP contribution in [-0.2, 0) is 4.74 Å². The largest absolute Gasteiger partial charge is 0.508 e. The summed E-state index contributed by atoms with van der Waals surface area (Å²) in [5, 5.41) is 59.9. The predicted molar refractivity (Wildman–Crippen MR) is 119 cm³/mol. The van der Waals surface area contributed by atoms with Gasteiger partial charge in [-0.1, -0.05) is 0 Å². The van der Waals surface area contributed by atoms with E-state index in [1.54, 1.807) is 0 Å². The molecule has 2 heterocycles. The molecule has 0 aliphatic carbocycles. The molecule has 1 saturated heterocycles. The van der Waals surface area contributed by atoms with E-state index in [0.29, 0.717) is 0 Å². The van der Waals surface area contributed by atoms with Gasteiger partial charge in [0.1, 0.15) is 46.9 Å². The van der Waals surface area contributed by atoms with Gasteiger partial charge in [0, 0.05) is 17.7 Å². The lowest BCUT2D eigenvalue weighted by molar-refractivity contribution is -0.277. The van der Waals surface area contributed by atoms with E-state index in [1.807, 2.05) is 0 Å². The molecule has 0 amide bonds. The Kier molecular flexibility index (Phi) is 6.74. The lowest BCUT2D eigenvalue weighted by Crippen LogP contribution is -2.60. The van der Waals surface area contributed by atoms with Gasteiger partial charge in [0.2, 0.25) is 17.5 Å². The van der Waals surface area contributed by atoms with Gasteiger partial charge >= 0.3 is 0 Å². The topological polar surface area (TPSA) is 189 Å². The first kappa shape index (κ1) is 24.6. The van der Waals surface area contributed by atoms with Crippen LogP contribution >= 0.6 is 0 Å². The average molecular weight is 492 g/mol. The molecule has 6 N–H and O–H groups in total. The van der Waals surface area contributed by atoms with Crippen molar-refractivity contribution in [2.24, 2.45) is 0 Å². The van der Waals surface area contributed by atoms with Crippen LogP contribution < -0.4 is 19.6 Å². The maximum absolute atomic E-state index is 13.6. The lowest BCUT2D eigenvalue weighted by Gasteiger charge is -2.39. The van der Waals surface area contributed by atoms with Crippen molar-refractivity contribution in [3.05, 3.63) is 40.6 Å². The molecule has 12 nitrogen and oxygen atoms in total. The molecule has 4 rings (SSSR count). The van der Waals surface area contributed by atoms with Crippen LogP contribution in [0.1, 0.15) is 0 Å². The van der Waals surface area contributed by atoms with Crippen LogP contribution in [0, 0.1) is 0 Å². The van der Waals surface area contributed by atoms with E-state index in [0.717, 1.165) is 0 Å². The van der Waals surface area contributed by atoms with Crippen molar-refractivity contribution >= 4 is 11.0 Å². The molecule has 1 fully saturated rings. The minimum Gasteiger partial charge on any atom is -0.508 e. The Balaban J connectivity index is 1.94. The Bertz CT molecular complexity index is 1280. The fourth-order valence-electron chi connectivity index (χ4n) is 3.81. The molecule has 1 aromatic heterocycles. The molecule has 0 bridgehead atoms. The lowest BCUT2D eigenvalue weighted by atomic mass is 9.99. The van der Waals surface area contributed by atoms with Gasteiger partial charge in [-0.2, -0.15) is 0 Å². The number of aliphatic hydroxyl groups is 4. The molecular formula is C23H24O12. The van der Waals surface area contributed by atoms with Crippen LogP contribution in [0.4, 0.5) is 0 Å². The van der Waals surface area contributed by atoms with Crippen molar-refractivity contribution in [3.63, 3.8) is 0 Å². The van der Waals surface area contributed by atoms with Gasteiger partial charge in [-0.25, -0.2) is 0 Å². The third kappa shape index (κ3) is 4.33. The highest BCUT2D eigenvalue weighted by molar-refractivity contribution is 5.88. The number of fused-ring (bicyclic) bond motifs is 1. The number of ether oxygens (including phenoxy) is 4. The summed E-state index contributed by atoms with van der Waals surface area (Å²) in [6.07, 6.45) is -8.15. The minimum atomic E-state index is -1.80. The predicted octanol–water partition coefficient (Wildman–Crippen LogP) is 0.0671. The van der Waals surface area contributed by atoms with Gasteiger partial charge in [-0.05, 0) is 18.2 Å². The van der Waals surface area contributed by atoms with E-state index >= 15 is 0 Å². The smallest absolute Gasteiger partial charge is 0.239 e. The van der Waals surface area contributed by atoms with Crippen LogP contribution in [0.25, 0.3) is 22.3 Å². The highest BCUT2D eigenvalue weighted by Gasteiger charge is 2.45. The monoisotopic (exact) mass is 492 g/mol. The molecule has 188 valence electrons. The van der Waals surface area contributed by atoms with Crippen molar-refractivity contribution < 1.29 is 54.0 Å². The maximum Gasteiger partial charge on any atom is 0.239 e. The number of methoxy groups -OCH3 is 2. The van der Waals surface area contributed by atoms with Crippen molar-refractivity contribution in [2.75, 3.05) is 20.8 Å². The fourth-order valence-corrected chi connectivity index (χ4v) is 3.81. The highest BCUT2D eigenvalue weighted by Crippen LogP contribution is 2.39. The van der Waals surface area contributed by atoms with Crippen molar-refractivity contribution in [1.82, 2.24) is 0 Å². The van der Waals surface area contributed by atoms with Gasteiger partial charge in [-0.3, -0.25) is 4.79 Å². The van der Waals surface area contributed by atoms with E-state index in [-0.39, 0.29) is 45.3 Å². The van der Waals surface area contributed by atoms with E-state index < -0.39 is 48.5 Å². The van der Waals surface area contributed by atoms with Gasteiger partial charge in [0.05, 0.1) is 20.8 Å². The molecule has 35 heavy (non-hydrogen) atoms. The van der Waals surface area contributed by atoms with Gasteiger partial charge in [-0.15, -0.1) is 0 Å². The molecule has 1 aliphatic rings. The number of hydrogen-bond donors (Lipinski definition) is 6. The van der Waals surface area contributed by atoms with Crippen LogP contribution in [-0.4, -0.2) is 82.2 Å². The molecule has 1 aliphatic heterocycles. The van der Waals surface area contributed by atoms with Crippen LogP contribution in [0.2, 0.25) is 0 Å². The van der Waals surface area contributed by atoms with E-state index in [2.05, 4.69) is 0 Å². The Morgan fingerprint density at radius 3 is 2.31 bits per heavy atom. The first-order valence-electron chi connectivity index (χ1n) is 10.4. The molecule has 0 radical (unpaired) electrons. The molecular weight excluding hydrogens is 468 g/mol. The Morgan fingerprint density at radius 2 is 1.66 bits per heavy atom. The second-order valence-corrected chi connectivity index (χ2v) is 7.81. The third-order valence-electron chi connectivity index (χ3n) is 5.65. The Hall–Kier alpha value is -3.55. The molecule has 0 unspecified atom stereocenters. The zero-order valence-electron chi connectivity index (χ0n) is 18.6. The number of aliphatic hydroxyl groups excluding tert-OH is 4. The van der Waals surface area contributed by atoms with Crippen molar-refractivity contribution in [3.8, 4) is 40.1 Å². The van der Waals surface area contributed by atoms with Crippen LogP contribution in [0.3, 0.4) is 0 Å². The van der Waals surface area contributed by atoms with Gasteiger partial charge in [0.25, 0.3) is 0 Å². The van der Waals surface area contributed by atoms with Gasteiger partial charge in [0.15, 0.2) is 17.3 Å². The quantitative estimate of drug-likeness (QED) is 0.272. The molecule has 12 heteroatoms. The second kappa shape index (κ2) is 9.60. The van der Waals surface area contributed by atoms with Crippen LogP contribution in [0.15, 0.2) is 39.5 Å². The Labute approximate surface area is 197 Å². The summed E-state index contributed by atoms with van der Waals surface area (Å²) in [6, 6.07) is 6.44. The third-order valence-corrected chi connectivity index (χ3v) is 5.65. The maximum atomic E-state index is 13.6. The summed E-state index contributed by atoms with van der Waals surface area (Å²) < 4.78 is 27.3. The second-order valence-electron chi connectivity index (χ2n) is 7.81. The minimum absolute atomic E-state index is 0.0257. The Morgan fingerprint density at radius 1 is 0.943 bits per heavy atom. The number of rotatable bonds is 6. The summed E-state index contributed by atoms with van der Waals surface area (Å²) in [5.74, 6) is -1.06. The number of benzene rings is 2. The number of hydrogen-bond acceptors (Lipinski definition) is 12. The fraction of sp³-hybridized carbons (Fsp3) is 0.348. The summed E-state index contributed by atoms with van der Waals surface area (Å²) in [7, 11) is 2.61. The normalized spacial score (nSPS) is 24.3. The first-order valence-corrected chi connectivity index (χ1v) is 10.4. The molecule has 3 aromatic rings. The highest BCUT2D eigenvalue weighted by atomic mass is 16.7. The first-order chi connectivity index (χ1) is 16.7. The standard InChI is InChI=1S/C23H24O12/c1-31-12-5-9(3-4-11(12)26)21-22(35-23-20(30)19(29)17(27)15(8-24)34-23)18(28)16-13(32-2)6-10(25)7-14(16)33-21/h3-7,15,17,19-20,23-27,29-30H,8H2,1-2H3/t15-,17-,19+,20-,23+/m1/s1. The molecule has 0 spiro atoms. The SMILES string of the molecule is COc1cc(-c2oc3cc(O)cc(OC)c3c(=O)c2O[C@@H]2O[C@H](CO)[C@@H](O)[C@H](O)[C@H]2O)ccc1O. The van der Waals surface area contributed by atoms with Crippen molar-refractivity contribution in [1.29, 1.82) is 0 Å². The number of phenols is 2. The van der Waals surface area contributed by atoms with E-state index in [4.69, 9.17) is 23.4 Å².